The summed E-state index contributed by atoms with van der Waals surface area (Å²) in [6.07, 6.45) is 1.07. The van der Waals surface area contributed by atoms with Gasteiger partial charge in [-0.05, 0) is 49.8 Å². The molecule has 1 aromatic rings. The minimum atomic E-state index is -0.888. The maximum atomic E-state index is 13.5. The molecule has 0 aromatic heterocycles. The molecule has 1 aliphatic rings. The van der Waals surface area contributed by atoms with Crippen LogP contribution in [0.3, 0.4) is 0 Å². The van der Waals surface area contributed by atoms with Crippen LogP contribution in [0.25, 0.3) is 5.57 Å². The Morgan fingerprint density at radius 3 is 2.36 bits per heavy atom. The number of allylic oxidation sites excluding steroid dienone is 2. The quantitative estimate of drug-likeness (QED) is 0.406. The third-order valence-electron chi connectivity index (χ3n) is 6.40. The molecule has 1 heterocycles. The molecule has 2 rings (SSSR count). The molecule has 9 nitrogen and oxygen atoms in total. The van der Waals surface area contributed by atoms with Crippen LogP contribution >= 0.6 is 0 Å². The van der Waals surface area contributed by atoms with E-state index < -0.39 is 41.5 Å². The summed E-state index contributed by atoms with van der Waals surface area (Å²) in [5.74, 6) is -1.21. The third-order valence-corrected chi connectivity index (χ3v) is 6.40. The molecule has 0 unspecified atom stereocenters. The zero-order valence-corrected chi connectivity index (χ0v) is 22.5. The lowest BCUT2D eigenvalue weighted by molar-refractivity contribution is -0.144. The van der Waals surface area contributed by atoms with Gasteiger partial charge in [-0.1, -0.05) is 45.0 Å². The van der Waals surface area contributed by atoms with E-state index in [1.54, 1.807) is 13.1 Å². The van der Waals surface area contributed by atoms with Crippen LogP contribution in [-0.2, 0) is 20.9 Å². The van der Waals surface area contributed by atoms with Crippen molar-refractivity contribution in [1.82, 2.24) is 15.5 Å². The number of hydrogen-bond donors (Lipinski definition) is 4. The molecule has 36 heavy (non-hydrogen) atoms. The summed E-state index contributed by atoms with van der Waals surface area (Å²) < 4.78 is 0. The van der Waals surface area contributed by atoms with Gasteiger partial charge < -0.3 is 26.4 Å². The molecule has 1 aliphatic heterocycles. The fraction of sp³-hybridized carbons (Fsp3) is 0.556. The number of nitrogens with zero attached hydrogens (tertiary/aromatic N) is 2. The molecule has 0 spiro atoms. The largest absolute Gasteiger partial charge is 0.391 e. The Kier molecular flexibility index (Phi) is 9.95. The van der Waals surface area contributed by atoms with Crippen molar-refractivity contribution in [3.8, 4) is 0 Å². The zero-order valence-electron chi connectivity index (χ0n) is 22.5. The normalized spacial score (nSPS) is 20.6. The highest BCUT2D eigenvalue weighted by molar-refractivity contribution is 5.94. The Labute approximate surface area is 214 Å². The summed E-state index contributed by atoms with van der Waals surface area (Å²) in [5, 5.41) is 15.9. The Balaban J connectivity index is 2.12. The first-order valence-corrected chi connectivity index (χ1v) is 12.3. The van der Waals surface area contributed by atoms with E-state index in [1.165, 1.54) is 4.90 Å². The van der Waals surface area contributed by atoms with Gasteiger partial charge in [0.15, 0.2) is 0 Å². The molecule has 3 amide bonds. The number of rotatable bonds is 8. The van der Waals surface area contributed by atoms with Crippen LogP contribution in [0.4, 0.5) is 0 Å². The van der Waals surface area contributed by atoms with Gasteiger partial charge in [0.1, 0.15) is 12.1 Å². The summed E-state index contributed by atoms with van der Waals surface area (Å²) in [6, 6.07) is 5.34. The summed E-state index contributed by atoms with van der Waals surface area (Å²) in [4.78, 5) is 44.5. The van der Waals surface area contributed by atoms with Gasteiger partial charge in [0.2, 0.25) is 17.7 Å². The predicted molar refractivity (Wildman–Crippen MR) is 142 cm³/mol. The first-order valence-electron chi connectivity index (χ1n) is 12.3. The first-order chi connectivity index (χ1) is 16.8. The second-order valence-electron chi connectivity index (χ2n) is 10.5. The lowest BCUT2D eigenvalue weighted by Gasteiger charge is -2.35. The summed E-state index contributed by atoms with van der Waals surface area (Å²) in [7, 11) is 0. The van der Waals surface area contributed by atoms with Crippen molar-refractivity contribution < 1.29 is 19.5 Å². The van der Waals surface area contributed by atoms with Gasteiger partial charge in [0.25, 0.3) is 0 Å². The number of amides is 3. The lowest BCUT2D eigenvalue weighted by atomic mass is 9.85. The molecule has 1 aromatic carbocycles. The SMILES string of the molecule is C/C=N\C(C)=C(/C)c1ccc(CNC(=O)[C@@H]2C[C@@H](O)CN2C(=O)[C@@H](NC(=O)[C@H](C)N)C(C)(C)C)cc1. The molecule has 0 aliphatic carbocycles. The fourth-order valence-electron chi connectivity index (χ4n) is 4.07. The van der Waals surface area contributed by atoms with Crippen LogP contribution in [0.2, 0.25) is 0 Å². The molecular formula is C27H41N5O4. The van der Waals surface area contributed by atoms with Crippen LogP contribution < -0.4 is 16.4 Å². The number of nitrogens with two attached hydrogens (primary N) is 1. The van der Waals surface area contributed by atoms with E-state index in [-0.39, 0.29) is 25.4 Å². The Morgan fingerprint density at radius 1 is 1.22 bits per heavy atom. The van der Waals surface area contributed by atoms with Crippen LogP contribution in [0, 0.1) is 5.41 Å². The highest BCUT2D eigenvalue weighted by atomic mass is 16.3. The van der Waals surface area contributed by atoms with Crippen molar-refractivity contribution >= 4 is 29.5 Å². The molecule has 0 bridgehead atoms. The molecule has 0 saturated carbocycles. The number of aliphatic hydroxyl groups is 1. The van der Waals surface area contributed by atoms with Crippen LogP contribution in [0.1, 0.15) is 66.0 Å². The highest BCUT2D eigenvalue weighted by Gasteiger charge is 2.44. The maximum Gasteiger partial charge on any atom is 0.246 e. The third kappa shape index (κ3) is 7.48. The van der Waals surface area contributed by atoms with E-state index in [4.69, 9.17) is 5.73 Å². The van der Waals surface area contributed by atoms with Crippen molar-refractivity contribution in [3.05, 3.63) is 41.1 Å². The molecule has 1 fully saturated rings. The highest BCUT2D eigenvalue weighted by Crippen LogP contribution is 2.26. The number of aliphatic hydroxyl groups excluding tert-OH is 1. The minimum Gasteiger partial charge on any atom is -0.391 e. The monoisotopic (exact) mass is 499 g/mol. The summed E-state index contributed by atoms with van der Waals surface area (Å²) >= 11 is 0. The summed E-state index contributed by atoms with van der Waals surface area (Å²) in [6.45, 7) is 13.2. The average Bonchev–Trinajstić information content (AvgIpc) is 3.21. The van der Waals surface area contributed by atoms with E-state index >= 15 is 0 Å². The molecule has 4 atom stereocenters. The van der Waals surface area contributed by atoms with Crippen molar-refractivity contribution in [1.29, 1.82) is 0 Å². The van der Waals surface area contributed by atoms with Crippen molar-refractivity contribution in [2.45, 2.75) is 85.7 Å². The van der Waals surface area contributed by atoms with E-state index in [1.807, 2.05) is 65.8 Å². The number of carbonyl (C=O) groups is 3. The molecule has 1 saturated heterocycles. The van der Waals surface area contributed by atoms with Gasteiger partial charge >= 0.3 is 0 Å². The van der Waals surface area contributed by atoms with E-state index in [2.05, 4.69) is 15.6 Å². The van der Waals surface area contributed by atoms with Gasteiger partial charge in [-0.3, -0.25) is 19.4 Å². The Bertz CT molecular complexity index is 1010. The van der Waals surface area contributed by atoms with Crippen LogP contribution in [-0.4, -0.2) is 64.7 Å². The predicted octanol–water partition coefficient (Wildman–Crippen LogP) is 1.98. The van der Waals surface area contributed by atoms with Gasteiger partial charge in [-0.15, -0.1) is 0 Å². The topological polar surface area (TPSA) is 137 Å². The number of carbonyl (C=O) groups excluding carboxylic acids is 3. The molecule has 5 N–H and O–H groups in total. The Morgan fingerprint density at radius 2 is 1.83 bits per heavy atom. The lowest BCUT2D eigenvalue weighted by Crippen LogP contribution is -2.59. The number of β-amino-alcohol motifs (C(OH)–C–C–N with tert-alkyl or cyclic N) is 1. The fourth-order valence-corrected chi connectivity index (χ4v) is 4.07. The number of hydrogen-bond acceptors (Lipinski definition) is 6. The van der Waals surface area contributed by atoms with E-state index in [0.29, 0.717) is 0 Å². The van der Waals surface area contributed by atoms with Crippen LogP contribution in [0.5, 0.6) is 0 Å². The summed E-state index contributed by atoms with van der Waals surface area (Å²) in [5.41, 5.74) is 9.02. The zero-order chi connectivity index (χ0) is 27.2. The van der Waals surface area contributed by atoms with Crippen molar-refractivity contribution in [2.24, 2.45) is 16.1 Å². The molecule has 9 heteroatoms. The van der Waals surface area contributed by atoms with Crippen molar-refractivity contribution in [3.63, 3.8) is 0 Å². The number of aliphatic imine (C=N–C) groups is 1. The number of likely N-dealkylation sites (tertiary alicyclic amines) is 1. The second kappa shape index (κ2) is 12.3. The Hall–Kier alpha value is -3.04. The van der Waals surface area contributed by atoms with Gasteiger partial charge in [-0.25, -0.2) is 0 Å². The van der Waals surface area contributed by atoms with Crippen molar-refractivity contribution in [2.75, 3.05) is 6.54 Å². The first kappa shape index (κ1) is 29.2. The molecular weight excluding hydrogens is 458 g/mol. The molecule has 198 valence electrons. The number of nitrogens with one attached hydrogen (secondary N) is 2. The minimum absolute atomic E-state index is 0.0252. The smallest absolute Gasteiger partial charge is 0.246 e. The maximum absolute atomic E-state index is 13.5. The molecule has 0 radical (unpaired) electrons. The average molecular weight is 500 g/mol. The van der Waals surface area contributed by atoms with E-state index in [0.717, 1.165) is 22.4 Å². The van der Waals surface area contributed by atoms with E-state index in [9.17, 15) is 19.5 Å². The van der Waals surface area contributed by atoms with Crippen LogP contribution in [0.15, 0.2) is 35.0 Å². The number of benzene rings is 1. The standard InChI is InChI=1S/C27H41N5O4/c1-8-29-18(4)16(2)20-11-9-19(10-12-20)14-30-25(35)22-13-21(33)15-32(22)26(36)23(27(5,6)7)31-24(34)17(3)28/h8-12,17,21-23,33H,13-15,28H2,1-7H3,(H,30,35)(H,31,34)/b18-16+,29-8-/t17-,21+,22-,23+/m0/s1. The van der Waals surface area contributed by atoms with Gasteiger partial charge in [0.05, 0.1) is 12.1 Å². The van der Waals surface area contributed by atoms with Gasteiger partial charge in [-0.2, -0.15) is 0 Å². The van der Waals surface area contributed by atoms with Gasteiger partial charge in [0, 0.05) is 31.4 Å². The second-order valence-corrected chi connectivity index (χ2v) is 10.5.